The molecular weight excluding hydrogens is 236 g/mol. The first kappa shape index (κ1) is 15.5. The predicted octanol–water partition coefficient (Wildman–Crippen LogP) is 3.60. The highest BCUT2D eigenvalue weighted by atomic mass is 28.2. The van der Waals surface area contributed by atoms with E-state index in [-0.39, 0.29) is 0 Å². The van der Waals surface area contributed by atoms with Crippen LogP contribution in [-0.2, 0) is 10.8 Å². The van der Waals surface area contributed by atoms with Crippen molar-refractivity contribution >= 4 is 10.5 Å². The first-order valence-corrected chi connectivity index (χ1v) is 8.20. The zero-order valence-electron chi connectivity index (χ0n) is 12.4. The molecule has 0 bridgehead atoms. The SMILES string of the molecule is CCCCc1ccccc1C(CC)C(CC)O[SiH3]. The molecule has 102 valence electrons. The normalized spacial score (nSPS) is 14.6. The van der Waals surface area contributed by atoms with E-state index >= 15 is 0 Å². The molecule has 2 atom stereocenters. The molecule has 0 amide bonds. The second-order valence-electron chi connectivity index (χ2n) is 5.00. The van der Waals surface area contributed by atoms with E-state index in [0.29, 0.717) is 12.0 Å². The van der Waals surface area contributed by atoms with Gasteiger partial charge in [-0.15, -0.1) is 0 Å². The summed E-state index contributed by atoms with van der Waals surface area (Å²) in [5.74, 6) is 0.570. The standard InChI is InChI=1S/C16H28OSi/c1-4-7-10-13-11-8-9-12-15(13)14(5-2)16(6-3)17-18/h8-9,11-12,14,16H,4-7,10H2,1-3,18H3. The van der Waals surface area contributed by atoms with E-state index in [1.807, 2.05) is 0 Å². The van der Waals surface area contributed by atoms with Crippen molar-refractivity contribution in [3.63, 3.8) is 0 Å². The second-order valence-corrected chi connectivity index (χ2v) is 5.47. The molecule has 0 fully saturated rings. The van der Waals surface area contributed by atoms with Crippen LogP contribution in [0.1, 0.15) is 63.5 Å². The molecule has 2 heteroatoms. The third kappa shape index (κ3) is 3.96. The van der Waals surface area contributed by atoms with Crippen LogP contribution in [0.5, 0.6) is 0 Å². The third-order valence-electron chi connectivity index (χ3n) is 3.85. The summed E-state index contributed by atoms with van der Waals surface area (Å²) < 4.78 is 5.81. The van der Waals surface area contributed by atoms with Gasteiger partial charge in [-0.3, -0.25) is 0 Å². The van der Waals surface area contributed by atoms with Crippen molar-refractivity contribution in [1.29, 1.82) is 0 Å². The van der Waals surface area contributed by atoms with Gasteiger partial charge < -0.3 is 4.43 Å². The van der Waals surface area contributed by atoms with Crippen LogP contribution in [0.15, 0.2) is 24.3 Å². The van der Waals surface area contributed by atoms with Crippen LogP contribution >= 0.6 is 0 Å². The van der Waals surface area contributed by atoms with Crippen LogP contribution in [0.25, 0.3) is 0 Å². The average molecular weight is 264 g/mol. The molecule has 0 heterocycles. The number of hydrogen-bond donors (Lipinski definition) is 0. The van der Waals surface area contributed by atoms with Crippen molar-refractivity contribution in [2.45, 2.75) is 64.9 Å². The fraction of sp³-hybridized carbons (Fsp3) is 0.625. The molecule has 1 aromatic rings. The number of unbranched alkanes of at least 4 members (excludes halogenated alkanes) is 1. The molecule has 1 nitrogen and oxygen atoms in total. The van der Waals surface area contributed by atoms with Crippen molar-refractivity contribution in [2.75, 3.05) is 0 Å². The lowest BCUT2D eigenvalue weighted by Crippen LogP contribution is -2.21. The molecule has 1 aromatic carbocycles. The summed E-state index contributed by atoms with van der Waals surface area (Å²) in [5.41, 5.74) is 3.06. The average Bonchev–Trinajstić information content (AvgIpc) is 2.43. The molecule has 0 N–H and O–H groups in total. The molecule has 0 spiro atoms. The molecule has 0 saturated carbocycles. The molecule has 0 aliphatic heterocycles. The number of hydrogen-bond acceptors (Lipinski definition) is 1. The Bertz CT molecular complexity index is 334. The van der Waals surface area contributed by atoms with Crippen molar-refractivity contribution < 1.29 is 4.43 Å². The quantitative estimate of drug-likeness (QED) is 0.652. The highest BCUT2D eigenvalue weighted by Crippen LogP contribution is 2.30. The minimum Gasteiger partial charge on any atom is -0.424 e. The van der Waals surface area contributed by atoms with Gasteiger partial charge in [-0.05, 0) is 36.8 Å². The van der Waals surface area contributed by atoms with Gasteiger partial charge in [0.25, 0.3) is 0 Å². The zero-order valence-corrected chi connectivity index (χ0v) is 14.4. The van der Waals surface area contributed by atoms with Crippen LogP contribution in [0, 0.1) is 0 Å². The molecule has 1 rings (SSSR count). The summed E-state index contributed by atoms with van der Waals surface area (Å²) in [4.78, 5) is 0. The smallest absolute Gasteiger partial charge is 0.146 e. The van der Waals surface area contributed by atoms with Gasteiger partial charge in [-0.25, -0.2) is 0 Å². The topological polar surface area (TPSA) is 9.23 Å². The number of aryl methyl sites for hydroxylation is 1. The van der Waals surface area contributed by atoms with E-state index in [0.717, 1.165) is 16.9 Å². The van der Waals surface area contributed by atoms with Gasteiger partial charge in [0.2, 0.25) is 0 Å². The van der Waals surface area contributed by atoms with E-state index in [4.69, 9.17) is 4.43 Å². The van der Waals surface area contributed by atoms with Gasteiger partial charge in [0.05, 0.1) is 6.10 Å². The molecule has 2 unspecified atom stereocenters. The fourth-order valence-corrected chi connectivity index (χ4v) is 3.45. The highest BCUT2D eigenvalue weighted by molar-refractivity contribution is 5.98. The predicted molar refractivity (Wildman–Crippen MR) is 83.2 cm³/mol. The Morgan fingerprint density at radius 2 is 1.83 bits per heavy atom. The second kappa shape index (κ2) is 8.49. The third-order valence-corrected chi connectivity index (χ3v) is 4.45. The van der Waals surface area contributed by atoms with Crippen LogP contribution in [-0.4, -0.2) is 16.6 Å². The minimum absolute atomic E-state index is 0.407. The monoisotopic (exact) mass is 264 g/mol. The molecule has 0 saturated heterocycles. The Kier molecular flexibility index (Phi) is 7.29. The van der Waals surface area contributed by atoms with Gasteiger partial charge in [0, 0.05) is 5.92 Å². The lowest BCUT2D eigenvalue weighted by atomic mass is 9.85. The Morgan fingerprint density at radius 1 is 1.11 bits per heavy atom. The molecule has 0 radical (unpaired) electrons. The van der Waals surface area contributed by atoms with Crippen molar-refractivity contribution in [3.8, 4) is 0 Å². The van der Waals surface area contributed by atoms with E-state index in [9.17, 15) is 0 Å². The van der Waals surface area contributed by atoms with Crippen LogP contribution in [0.4, 0.5) is 0 Å². The van der Waals surface area contributed by atoms with Gasteiger partial charge in [-0.1, -0.05) is 51.5 Å². The lowest BCUT2D eigenvalue weighted by Gasteiger charge is -2.27. The maximum Gasteiger partial charge on any atom is 0.146 e. The summed E-state index contributed by atoms with van der Waals surface area (Å²) in [6, 6.07) is 8.95. The van der Waals surface area contributed by atoms with Crippen molar-refractivity contribution in [1.82, 2.24) is 0 Å². The Balaban J connectivity index is 2.96. The maximum atomic E-state index is 5.81. The van der Waals surface area contributed by atoms with Gasteiger partial charge >= 0.3 is 0 Å². The van der Waals surface area contributed by atoms with Crippen molar-refractivity contribution in [3.05, 3.63) is 35.4 Å². The molecule has 0 aliphatic rings. The molecule has 18 heavy (non-hydrogen) atoms. The van der Waals surface area contributed by atoms with E-state index in [1.165, 1.54) is 36.8 Å². The van der Waals surface area contributed by atoms with Crippen LogP contribution in [0.2, 0.25) is 0 Å². The highest BCUT2D eigenvalue weighted by Gasteiger charge is 2.21. The number of rotatable bonds is 8. The molecular formula is C16H28OSi. The Morgan fingerprint density at radius 3 is 2.39 bits per heavy atom. The summed E-state index contributed by atoms with van der Waals surface area (Å²) in [6.07, 6.45) is 6.45. The lowest BCUT2D eigenvalue weighted by molar-refractivity contribution is 0.178. The molecule has 0 aromatic heterocycles. The van der Waals surface area contributed by atoms with Gasteiger partial charge in [-0.2, -0.15) is 0 Å². The largest absolute Gasteiger partial charge is 0.424 e. The van der Waals surface area contributed by atoms with Crippen molar-refractivity contribution in [2.24, 2.45) is 0 Å². The first-order valence-electron chi connectivity index (χ1n) is 7.38. The van der Waals surface area contributed by atoms with Gasteiger partial charge in [0.15, 0.2) is 0 Å². The fourth-order valence-electron chi connectivity index (χ4n) is 2.79. The van der Waals surface area contributed by atoms with Gasteiger partial charge in [0.1, 0.15) is 10.5 Å². The van der Waals surface area contributed by atoms with Crippen LogP contribution in [0.3, 0.4) is 0 Å². The van der Waals surface area contributed by atoms with E-state index in [2.05, 4.69) is 45.0 Å². The molecule has 0 aliphatic carbocycles. The first-order chi connectivity index (χ1) is 8.78. The maximum absolute atomic E-state index is 5.81. The summed E-state index contributed by atoms with van der Waals surface area (Å²) in [7, 11) is 0.836. The van der Waals surface area contributed by atoms with E-state index < -0.39 is 0 Å². The van der Waals surface area contributed by atoms with Crippen LogP contribution < -0.4 is 0 Å². The Hall–Kier alpha value is -0.603. The minimum atomic E-state index is 0.407. The summed E-state index contributed by atoms with van der Waals surface area (Å²) >= 11 is 0. The summed E-state index contributed by atoms with van der Waals surface area (Å²) in [6.45, 7) is 6.78. The Labute approximate surface area is 115 Å². The summed E-state index contributed by atoms with van der Waals surface area (Å²) in [5, 5.41) is 0. The number of benzene rings is 1. The zero-order chi connectivity index (χ0) is 13.4. The van der Waals surface area contributed by atoms with E-state index in [1.54, 1.807) is 0 Å².